The number of anilines is 1. The number of fused-ring (bicyclic) bond motifs is 5. The first-order valence-corrected chi connectivity index (χ1v) is 8.95. The number of nitrogens with two attached hydrogens (primary N) is 2. The van der Waals surface area contributed by atoms with E-state index in [4.69, 9.17) is 11.5 Å². The molecule has 4 bridgehead atoms. The van der Waals surface area contributed by atoms with Crippen LogP contribution in [0.3, 0.4) is 0 Å². The highest BCUT2D eigenvalue weighted by molar-refractivity contribution is 5.91. The minimum absolute atomic E-state index is 0.0897. The van der Waals surface area contributed by atoms with E-state index in [-0.39, 0.29) is 25.3 Å². The van der Waals surface area contributed by atoms with Gasteiger partial charge in [0.15, 0.2) is 0 Å². The molecule has 2 aromatic rings. The van der Waals surface area contributed by atoms with Gasteiger partial charge in [-0.05, 0) is 34.4 Å². The van der Waals surface area contributed by atoms with Gasteiger partial charge in [-0.3, -0.25) is 14.4 Å². The zero-order valence-corrected chi connectivity index (χ0v) is 15.5. The second-order valence-electron chi connectivity index (χ2n) is 6.79. The van der Waals surface area contributed by atoms with Crippen molar-refractivity contribution in [1.82, 2.24) is 10.6 Å². The quantitative estimate of drug-likeness (QED) is 0.486. The molecule has 0 fully saturated rings. The molecule has 1 heterocycles. The van der Waals surface area contributed by atoms with Crippen LogP contribution in [0.25, 0.3) is 11.1 Å². The Balaban J connectivity index is 2.10. The monoisotopic (exact) mass is 395 g/mol. The van der Waals surface area contributed by atoms with Crippen LogP contribution < -0.4 is 27.4 Å². The Hall–Kier alpha value is -3.88. The van der Waals surface area contributed by atoms with Gasteiger partial charge in [0.05, 0.1) is 13.0 Å². The molecule has 0 aromatic heterocycles. The molecule has 9 nitrogen and oxygen atoms in total. The third kappa shape index (κ3) is 5.32. The van der Waals surface area contributed by atoms with Crippen molar-refractivity contribution in [1.29, 1.82) is 0 Å². The lowest BCUT2D eigenvalue weighted by molar-refractivity contribution is -0.128. The van der Waals surface area contributed by atoms with E-state index in [0.29, 0.717) is 11.3 Å². The molecule has 1 aliphatic rings. The molecule has 1 unspecified atom stereocenters. The van der Waals surface area contributed by atoms with E-state index in [0.717, 1.165) is 16.7 Å². The minimum Gasteiger partial charge on any atom is -0.368 e. The molecule has 7 N–H and O–H groups in total. The van der Waals surface area contributed by atoms with E-state index in [1.54, 1.807) is 12.1 Å². The van der Waals surface area contributed by atoms with E-state index in [2.05, 4.69) is 16.0 Å². The van der Waals surface area contributed by atoms with Crippen LogP contribution >= 0.6 is 0 Å². The fourth-order valence-electron chi connectivity index (χ4n) is 3.18. The Bertz CT molecular complexity index is 989. The third-order valence-corrected chi connectivity index (χ3v) is 4.45. The molecule has 0 spiro atoms. The smallest absolute Gasteiger partial charge is 0.316 e. The third-order valence-electron chi connectivity index (χ3n) is 4.45. The highest BCUT2D eigenvalue weighted by atomic mass is 16.2. The van der Waals surface area contributed by atoms with Crippen LogP contribution in [0.4, 0.5) is 10.5 Å². The van der Waals surface area contributed by atoms with Gasteiger partial charge < -0.3 is 27.4 Å². The Morgan fingerprint density at radius 2 is 1.72 bits per heavy atom. The summed E-state index contributed by atoms with van der Waals surface area (Å²) in [6.45, 7) is -0.267. The largest absolute Gasteiger partial charge is 0.368 e. The summed E-state index contributed by atoms with van der Waals surface area (Å²) in [5.74, 6) is -1.57. The first-order valence-electron chi connectivity index (χ1n) is 8.95. The second-order valence-corrected chi connectivity index (χ2v) is 6.79. The van der Waals surface area contributed by atoms with Crippen molar-refractivity contribution in [3.8, 4) is 11.1 Å². The van der Waals surface area contributed by atoms with E-state index >= 15 is 0 Å². The predicted molar refractivity (Wildman–Crippen MR) is 107 cm³/mol. The summed E-state index contributed by atoms with van der Waals surface area (Å²) in [7, 11) is 0. The normalized spacial score (nSPS) is 16.8. The maximum Gasteiger partial charge on any atom is 0.316 e. The molecule has 29 heavy (non-hydrogen) atoms. The molecule has 1 aliphatic heterocycles. The van der Waals surface area contributed by atoms with Gasteiger partial charge in [0.2, 0.25) is 17.7 Å². The van der Waals surface area contributed by atoms with Gasteiger partial charge in [-0.25, -0.2) is 4.79 Å². The van der Waals surface area contributed by atoms with Crippen LogP contribution in [-0.2, 0) is 27.2 Å². The summed E-state index contributed by atoms with van der Waals surface area (Å²) in [5.41, 5.74) is 14.1. The number of rotatable bonds is 2. The number of nitrogens with one attached hydrogen (secondary N) is 3. The van der Waals surface area contributed by atoms with Crippen molar-refractivity contribution in [3.05, 3.63) is 53.6 Å². The Morgan fingerprint density at radius 1 is 0.966 bits per heavy atom. The number of hydrogen-bond acceptors (Lipinski definition) is 4. The first kappa shape index (κ1) is 19.9. The summed E-state index contributed by atoms with van der Waals surface area (Å²) >= 11 is 0. The predicted octanol–water partition coefficient (Wildman–Crippen LogP) is 0.0291. The second kappa shape index (κ2) is 8.42. The number of benzene rings is 2. The van der Waals surface area contributed by atoms with E-state index in [1.165, 1.54) is 0 Å². The van der Waals surface area contributed by atoms with E-state index in [1.807, 2.05) is 30.3 Å². The Morgan fingerprint density at radius 3 is 2.45 bits per heavy atom. The molecule has 5 amide bonds. The summed E-state index contributed by atoms with van der Waals surface area (Å²) in [6.07, 6.45) is 0.197. The zero-order chi connectivity index (χ0) is 21.0. The van der Waals surface area contributed by atoms with Crippen LogP contribution in [0.5, 0.6) is 0 Å². The molecule has 2 aromatic carbocycles. The number of hydrogen-bond donors (Lipinski definition) is 5. The van der Waals surface area contributed by atoms with Crippen molar-refractivity contribution in [2.24, 2.45) is 11.5 Å². The number of primary amides is 2. The van der Waals surface area contributed by atoms with Crippen LogP contribution in [0.15, 0.2) is 42.5 Å². The zero-order valence-electron chi connectivity index (χ0n) is 15.5. The average Bonchev–Trinajstić information content (AvgIpc) is 2.64. The molecule has 0 radical (unpaired) electrons. The summed E-state index contributed by atoms with van der Waals surface area (Å²) in [4.78, 5) is 47.4. The van der Waals surface area contributed by atoms with Gasteiger partial charge in [0.1, 0.15) is 6.04 Å². The molecule has 3 rings (SSSR count). The number of urea groups is 1. The molecule has 1 atom stereocenters. The van der Waals surface area contributed by atoms with Gasteiger partial charge in [0, 0.05) is 12.1 Å². The van der Waals surface area contributed by atoms with Crippen LogP contribution in [-0.4, -0.2) is 36.3 Å². The fourth-order valence-corrected chi connectivity index (χ4v) is 3.18. The van der Waals surface area contributed by atoms with Crippen LogP contribution in [0.2, 0.25) is 0 Å². The van der Waals surface area contributed by atoms with Crippen molar-refractivity contribution < 1.29 is 19.2 Å². The van der Waals surface area contributed by atoms with Crippen molar-refractivity contribution in [2.45, 2.75) is 18.9 Å². The highest BCUT2D eigenvalue weighted by Crippen LogP contribution is 2.27. The van der Waals surface area contributed by atoms with Crippen LogP contribution in [0.1, 0.15) is 11.1 Å². The minimum atomic E-state index is -0.981. The Labute approximate surface area is 166 Å². The molecule has 0 aliphatic carbocycles. The number of carbonyl (C=O) groups excluding carboxylic acids is 4. The maximum absolute atomic E-state index is 12.1. The van der Waals surface area contributed by atoms with Crippen LogP contribution in [0, 0.1) is 0 Å². The lowest BCUT2D eigenvalue weighted by Gasteiger charge is -2.18. The van der Waals surface area contributed by atoms with Gasteiger partial charge in [0.25, 0.3) is 0 Å². The summed E-state index contributed by atoms with van der Waals surface area (Å²) in [5, 5.41) is 7.58. The van der Waals surface area contributed by atoms with Crippen molar-refractivity contribution >= 4 is 29.4 Å². The van der Waals surface area contributed by atoms with Crippen molar-refractivity contribution in [2.75, 3.05) is 11.9 Å². The van der Waals surface area contributed by atoms with Gasteiger partial charge in [-0.15, -0.1) is 0 Å². The van der Waals surface area contributed by atoms with Gasteiger partial charge in [-0.1, -0.05) is 30.3 Å². The molecular weight excluding hydrogens is 374 g/mol. The summed E-state index contributed by atoms with van der Waals surface area (Å²) < 4.78 is 0. The highest BCUT2D eigenvalue weighted by Gasteiger charge is 2.20. The van der Waals surface area contributed by atoms with E-state index < -0.39 is 23.9 Å². The summed E-state index contributed by atoms with van der Waals surface area (Å²) in [6, 6.07) is 10.9. The number of carbonyl (C=O) groups is 4. The number of amides is 5. The average molecular weight is 395 g/mol. The fraction of sp³-hybridized carbons (Fsp3) is 0.200. The molecular formula is C20H21N5O4. The lowest BCUT2D eigenvalue weighted by atomic mass is 9.96. The molecule has 0 saturated carbocycles. The Kier molecular flexibility index (Phi) is 5.77. The molecule has 9 heteroatoms. The topological polar surface area (TPSA) is 156 Å². The maximum atomic E-state index is 12.1. The first-order chi connectivity index (χ1) is 13.8. The van der Waals surface area contributed by atoms with E-state index in [9.17, 15) is 19.2 Å². The molecule has 0 saturated heterocycles. The SMILES string of the molecule is NC(=O)Nc1cc2cc(c1)-c1cccc(c1)CC(=O)NCC(=O)NC(C(N)=O)C2. The molecule has 150 valence electrons. The standard InChI is InChI=1S/C20H21N5O4/c21-19(28)16-7-12-5-14(9-15(6-12)24-20(22)29)13-3-1-2-11(4-13)8-17(26)23-10-18(27)25-16/h1-6,9,16H,7-8,10H2,(H2,21,28)(H,23,26)(H,25,27)(H3,22,24,29). The van der Waals surface area contributed by atoms with Gasteiger partial charge in [-0.2, -0.15) is 0 Å². The van der Waals surface area contributed by atoms with Gasteiger partial charge >= 0.3 is 6.03 Å². The lowest BCUT2D eigenvalue weighted by Crippen LogP contribution is -2.49. The van der Waals surface area contributed by atoms with Crippen molar-refractivity contribution in [3.63, 3.8) is 0 Å².